The van der Waals surface area contributed by atoms with Gasteiger partial charge in [0.2, 0.25) is 0 Å². The molecule has 2 aromatic rings. The van der Waals surface area contributed by atoms with Crippen molar-refractivity contribution in [3.8, 4) is 5.75 Å². The minimum atomic E-state index is -0.602. The second-order valence-corrected chi connectivity index (χ2v) is 5.76. The highest BCUT2D eigenvalue weighted by Crippen LogP contribution is 2.17. The van der Waals surface area contributed by atoms with Crippen LogP contribution in [-0.4, -0.2) is 24.5 Å². The molecule has 0 aliphatic heterocycles. The van der Waals surface area contributed by atoms with Gasteiger partial charge in [0.25, 0.3) is 11.8 Å². The van der Waals surface area contributed by atoms with E-state index in [1.165, 1.54) is 0 Å². The number of carbonyl (C=O) groups excluding carboxylic acids is 2. The minimum Gasteiger partial charge on any atom is -0.481 e. The summed E-state index contributed by atoms with van der Waals surface area (Å²) in [5.41, 5.74) is 2.15. The lowest BCUT2D eigenvalue weighted by atomic mass is 10.1. The van der Waals surface area contributed by atoms with Gasteiger partial charge in [-0.05, 0) is 56.2 Å². The van der Waals surface area contributed by atoms with Gasteiger partial charge in [0, 0.05) is 17.8 Å². The third-order valence-corrected chi connectivity index (χ3v) is 3.66. The van der Waals surface area contributed by atoms with Gasteiger partial charge in [-0.2, -0.15) is 0 Å². The Hall–Kier alpha value is -2.82. The number of benzene rings is 2. The first-order valence-corrected chi connectivity index (χ1v) is 8.46. The molecule has 0 saturated heterocycles. The molecule has 1 atom stereocenters. The lowest BCUT2D eigenvalue weighted by molar-refractivity contribution is -0.122. The van der Waals surface area contributed by atoms with Crippen LogP contribution in [0.3, 0.4) is 0 Å². The maximum atomic E-state index is 12.5. The van der Waals surface area contributed by atoms with Crippen molar-refractivity contribution in [2.45, 2.75) is 33.3 Å². The predicted octanol–water partition coefficient (Wildman–Crippen LogP) is 3.54. The second kappa shape index (κ2) is 8.87. The third-order valence-electron chi connectivity index (χ3n) is 3.66. The van der Waals surface area contributed by atoms with Gasteiger partial charge in [0.1, 0.15) is 5.75 Å². The Morgan fingerprint density at radius 3 is 2.52 bits per heavy atom. The molecule has 2 aromatic carbocycles. The van der Waals surface area contributed by atoms with Crippen molar-refractivity contribution < 1.29 is 14.3 Å². The molecule has 5 heteroatoms. The fourth-order valence-corrected chi connectivity index (χ4v) is 2.40. The van der Waals surface area contributed by atoms with E-state index < -0.39 is 6.10 Å². The van der Waals surface area contributed by atoms with E-state index in [4.69, 9.17) is 4.74 Å². The maximum absolute atomic E-state index is 12.5. The molecule has 2 rings (SSSR count). The van der Waals surface area contributed by atoms with E-state index in [0.29, 0.717) is 30.0 Å². The summed E-state index contributed by atoms with van der Waals surface area (Å²) in [4.78, 5) is 24.4. The van der Waals surface area contributed by atoms with Gasteiger partial charge < -0.3 is 15.4 Å². The van der Waals surface area contributed by atoms with Crippen LogP contribution in [0.1, 0.15) is 36.2 Å². The Morgan fingerprint density at radius 2 is 1.84 bits per heavy atom. The Labute approximate surface area is 148 Å². The van der Waals surface area contributed by atoms with Crippen molar-refractivity contribution in [3.05, 3.63) is 59.7 Å². The van der Waals surface area contributed by atoms with Gasteiger partial charge in [-0.1, -0.05) is 25.1 Å². The van der Waals surface area contributed by atoms with Gasteiger partial charge in [0.05, 0.1) is 0 Å². The second-order valence-electron chi connectivity index (χ2n) is 5.76. The Morgan fingerprint density at radius 1 is 1.08 bits per heavy atom. The average Bonchev–Trinajstić information content (AvgIpc) is 2.60. The lowest BCUT2D eigenvalue weighted by Crippen LogP contribution is -2.32. The van der Waals surface area contributed by atoms with Crippen LogP contribution in [0.2, 0.25) is 0 Å². The Kier molecular flexibility index (Phi) is 6.57. The number of carbonyl (C=O) groups is 2. The lowest BCUT2D eigenvalue weighted by Gasteiger charge is -2.18. The highest BCUT2D eigenvalue weighted by atomic mass is 16.5. The number of hydrogen-bond donors (Lipinski definition) is 2. The van der Waals surface area contributed by atoms with Crippen LogP contribution in [0.25, 0.3) is 0 Å². The zero-order valence-corrected chi connectivity index (χ0v) is 14.8. The van der Waals surface area contributed by atoms with Crippen molar-refractivity contribution in [2.75, 3.05) is 11.9 Å². The van der Waals surface area contributed by atoms with Gasteiger partial charge in [-0.15, -0.1) is 0 Å². The first kappa shape index (κ1) is 18.5. The number of anilines is 1. The fraction of sp³-hybridized carbons (Fsp3) is 0.300. The average molecular weight is 340 g/mol. The highest BCUT2D eigenvalue weighted by molar-refractivity contribution is 5.98. The van der Waals surface area contributed by atoms with E-state index in [-0.39, 0.29) is 11.8 Å². The quantitative estimate of drug-likeness (QED) is 0.810. The first-order valence-electron chi connectivity index (χ1n) is 8.46. The summed E-state index contributed by atoms with van der Waals surface area (Å²) in [7, 11) is 0. The summed E-state index contributed by atoms with van der Waals surface area (Å²) < 4.78 is 5.80. The van der Waals surface area contributed by atoms with Crippen LogP contribution in [0.5, 0.6) is 5.75 Å². The van der Waals surface area contributed by atoms with Crippen LogP contribution in [-0.2, 0) is 4.79 Å². The van der Waals surface area contributed by atoms with Crippen molar-refractivity contribution in [2.24, 2.45) is 0 Å². The molecule has 0 aliphatic carbocycles. The molecule has 25 heavy (non-hydrogen) atoms. The minimum absolute atomic E-state index is 0.165. The number of ether oxygens (including phenoxy) is 1. The summed E-state index contributed by atoms with van der Waals surface area (Å²) in [5.74, 6) is 0.261. The number of amides is 2. The summed E-state index contributed by atoms with van der Waals surface area (Å²) in [6.07, 6.45) is -0.0644. The maximum Gasteiger partial charge on any atom is 0.265 e. The molecule has 0 heterocycles. The molecule has 2 N–H and O–H groups in total. The number of hydrogen-bond acceptors (Lipinski definition) is 3. The SMILES string of the molecule is CCNC(=O)c1cccc(NC(=O)C(CC)Oc2cccc(C)c2)c1. The third kappa shape index (κ3) is 5.35. The summed E-state index contributed by atoms with van der Waals surface area (Å²) in [6, 6.07) is 14.4. The first-order chi connectivity index (χ1) is 12.0. The van der Waals surface area contributed by atoms with Crippen LogP contribution >= 0.6 is 0 Å². The summed E-state index contributed by atoms with van der Waals surface area (Å²) >= 11 is 0. The van der Waals surface area contributed by atoms with Crippen molar-refractivity contribution in [3.63, 3.8) is 0 Å². The molecule has 0 saturated carbocycles. The van der Waals surface area contributed by atoms with Gasteiger partial charge in [-0.3, -0.25) is 9.59 Å². The van der Waals surface area contributed by atoms with Crippen molar-refractivity contribution in [1.29, 1.82) is 0 Å². The molecule has 5 nitrogen and oxygen atoms in total. The van der Waals surface area contributed by atoms with E-state index in [9.17, 15) is 9.59 Å². The van der Waals surface area contributed by atoms with Crippen molar-refractivity contribution >= 4 is 17.5 Å². The smallest absolute Gasteiger partial charge is 0.265 e. The molecular weight excluding hydrogens is 316 g/mol. The Bertz CT molecular complexity index is 743. The van der Waals surface area contributed by atoms with Crippen molar-refractivity contribution in [1.82, 2.24) is 5.32 Å². The number of rotatable bonds is 7. The monoisotopic (exact) mass is 340 g/mol. The standard InChI is InChI=1S/C20H24N2O3/c1-4-18(25-17-11-6-8-14(3)12-17)20(24)22-16-10-7-9-15(13-16)19(23)21-5-2/h6-13,18H,4-5H2,1-3H3,(H,21,23)(H,22,24). The molecule has 0 radical (unpaired) electrons. The van der Waals surface area contributed by atoms with Crippen LogP contribution < -0.4 is 15.4 Å². The zero-order valence-electron chi connectivity index (χ0n) is 14.8. The zero-order chi connectivity index (χ0) is 18.2. The molecule has 1 unspecified atom stereocenters. The molecular formula is C20H24N2O3. The van der Waals surface area contributed by atoms with Crippen LogP contribution in [0.15, 0.2) is 48.5 Å². The van der Waals surface area contributed by atoms with Crippen LogP contribution in [0, 0.1) is 6.92 Å². The summed E-state index contributed by atoms with van der Waals surface area (Å²) in [5, 5.41) is 5.56. The molecule has 0 fully saturated rings. The highest BCUT2D eigenvalue weighted by Gasteiger charge is 2.19. The molecule has 0 aromatic heterocycles. The fourth-order valence-electron chi connectivity index (χ4n) is 2.40. The van der Waals surface area contributed by atoms with E-state index >= 15 is 0 Å². The number of nitrogens with one attached hydrogen (secondary N) is 2. The molecule has 0 bridgehead atoms. The molecule has 0 aliphatic rings. The normalized spacial score (nSPS) is 11.5. The largest absolute Gasteiger partial charge is 0.481 e. The summed E-state index contributed by atoms with van der Waals surface area (Å²) in [6.45, 7) is 6.28. The number of aryl methyl sites for hydroxylation is 1. The van der Waals surface area contributed by atoms with Gasteiger partial charge in [-0.25, -0.2) is 0 Å². The van der Waals surface area contributed by atoms with Gasteiger partial charge >= 0.3 is 0 Å². The topological polar surface area (TPSA) is 67.4 Å². The predicted molar refractivity (Wildman–Crippen MR) is 99.0 cm³/mol. The van der Waals surface area contributed by atoms with Crippen LogP contribution in [0.4, 0.5) is 5.69 Å². The Balaban J connectivity index is 2.06. The molecule has 2 amide bonds. The van der Waals surface area contributed by atoms with Gasteiger partial charge in [0.15, 0.2) is 6.10 Å². The van der Waals surface area contributed by atoms with E-state index in [1.807, 2.05) is 45.0 Å². The van der Waals surface area contributed by atoms with E-state index in [0.717, 1.165) is 5.56 Å². The molecule has 0 spiro atoms. The van der Waals surface area contributed by atoms with E-state index in [1.54, 1.807) is 24.3 Å². The van der Waals surface area contributed by atoms with E-state index in [2.05, 4.69) is 10.6 Å². The molecule has 132 valence electrons.